The molecular formula is C13H15BrN2O2S3. The van der Waals surface area contributed by atoms with E-state index < -0.39 is 10.0 Å². The number of thioether (sulfide) groups is 1. The molecule has 8 heteroatoms. The van der Waals surface area contributed by atoms with Crippen molar-refractivity contribution in [2.75, 3.05) is 17.2 Å². The molecule has 0 saturated carbocycles. The van der Waals surface area contributed by atoms with Crippen LogP contribution in [0.5, 0.6) is 0 Å². The largest absolute Gasteiger partial charge is 0.399 e. The molecule has 3 N–H and O–H groups in total. The molecule has 0 fully saturated rings. The quantitative estimate of drug-likeness (QED) is 0.546. The lowest BCUT2D eigenvalue weighted by molar-refractivity contribution is 0.583. The van der Waals surface area contributed by atoms with Crippen molar-refractivity contribution in [3.63, 3.8) is 0 Å². The van der Waals surface area contributed by atoms with Crippen molar-refractivity contribution < 1.29 is 8.42 Å². The molecule has 1 heterocycles. The highest BCUT2D eigenvalue weighted by Crippen LogP contribution is 2.23. The standard InChI is InChI=1S/C13H15BrN2O2S3/c14-12-4-5-20-13(12)9-16-21(17,18)7-6-19-11-3-1-2-10(15)8-11/h1-5,8,16H,6-7,9,15H2. The Morgan fingerprint density at radius 3 is 2.81 bits per heavy atom. The first-order valence-corrected chi connectivity index (χ1v) is 10.4. The van der Waals surface area contributed by atoms with Crippen LogP contribution < -0.4 is 10.5 Å². The Labute approximate surface area is 141 Å². The Bertz CT molecular complexity index is 701. The third kappa shape index (κ3) is 5.63. The van der Waals surface area contributed by atoms with Crippen LogP contribution in [-0.2, 0) is 16.6 Å². The molecule has 0 unspecified atom stereocenters. The van der Waals surface area contributed by atoms with E-state index in [0.717, 1.165) is 14.2 Å². The number of rotatable bonds is 7. The fourth-order valence-corrected chi connectivity index (χ4v) is 5.45. The number of nitrogens with two attached hydrogens (primary N) is 1. The summed E-state index contributed by atoms with van der Waals surface area (Å²) in [6, 6.07) is 9.33. The minimum absolute atomic E-state index is 0.0788. The van der Waals surface area contributed by atoms with Gasteiger partial charge >= 0.3 is 0 Å². The number of sulfonamides is 1. The van der Waals surface area contributed by atoms with Crippen LogP contribution in [0.15, 0.2) is 45.1 Å². The Kier molecular flexibility index (Phi) is 6.12. The van der Waals surface area contributed by atoms with Crippen molar-refractivity contribution in [3.05, 3.63) is 45.1 Å². The molecule has 0 bridgehead atoms. The number of thiophene rings is 1. The first kappa shape index (κ1) is 16.8. The molecule has 2 aromatic rings. The van der Waals surface area contributed by atoms with E-state index in [2.05, 4.69) is 20.7 Å². The number of hydrogen-bond acceptors (Lipinski definition) is 5. The zero-order valence-electron chi connectivity index (χ0n) is 11.1. The van der Waals surface area contributed by atoms with Crippen molar-refractivity contribution >= 4 is 54.7 Å². The zero-order chi connectivity index (χ0) is 15.3. The van der Waals surface area contributed by atoms with Crippen LogP contribution in [0.3, 0.4) is 0 Å². The average Bonchev–Trinajstić information content (AvgIpc) is 2.82. The lowest BCUT2D eigenvalue weighted by Gasteiger charge is -2.06. The van der Waals surface area contributed by atoms with E-state index in [1.807, 2.05) is 29.6 Å². The van der Waals surface area contributed by atoms with E-state index in [1.54, 1.807) is 6.07 Å². The highest BCUT2D eigenvalue weighted by Gasteiger charge is 2.11. The number of halogens is 1. The summed E-state index contributed by atoms with van der Waals surface area (Å²) >= 11 is 6.39. The van der Waals surface area contributed by atoms with Gasteiger partial charge in [-0.3, -0.25) is 0 Å². The van der Waals surface area contributed by atoms with Crippen molar-refractivity contribution in [1.82, 2.24) is 4.72 Å². The van der Waals surface area contributed by atoms with Gasteiger partial charge in [-0.2, -0.15) is 0 Å². The van der Waals surface area contributed by atoms with Gasteiger partial charge in [-0.15, -0.1) is 23.1 Å². The highest BCUT2D eigenvalue weighted by atomic mass is 79.9. The maximum absolute atomic E-state index is 11.9. The second-order valence-corrected chi connectivity index (χ2v) is 9.20. The van der Waals surface area contributed by atoms with Crippen molar-refractivity contribution in [2.24, 2.45) is 0 Å². The smallest absolute Gasteiger partial charge is 0.212 e. The maximum Gasteiger partial charge on any atom is 0.212 e. The number of hydrogen-bond donors (Lipinski definition) is 2. The van der Waals surface area contributed by atoms with Crippen LogP contribution in [-0.4, -0.2) is 19.9 Å². The summed E-state index contributed by atoms with van der Waals surface area (Å²) in [5.74, 6) is 0.569. The van der Waals surface area contributed by atoms with Crippen LogP contribution in [0.2, 0.25) is 0 Å². The normalized spacial score (nSPS) is 11.7. The Balaban J connectivity index is 1.80. The van der Waals surface area contributed by atoms with Crippen molar-refractivity contribution in [2.45, 2.75) is 11.4 Å². The van der Waals surface area contributed by atoms with Gasteiger partial charge < -0.3 is 5.73 Å². The predicted molar refractivity (Wildman–Crippen MR) is 94.2 cm³/mol. The van der Waals surface area contributed by atoms with E-state index in [4.69, 9.17) is 5.73 Å². The molecule has 0 aliphatic carbocycles. The van der Waals surface area contributed by atoms with Crippen molar-refractivity contribution in [1.29, 1.82) is 0 Å². The zero-order valence-corrected chi connectivity index (χ0v) is 15.1. The van der Waals surface area contributed by atoms with Crippen LogP contribution >= 0.6 is 39.0 Å². The van der Waals surface area contributed by atoms with Gasteiger partial charge in [-0.05, 0) is 45.6 Å². The highest BCUT2D eigenvalue weighted by molar-refractivity contribution is 9.10. The summed E-state index contributed by atoms with van der Waals surface area (Å²) < 4.78 is 27.4. The van der Waals surface area contributed by atoms with Gasteiger partial charge in [0.2, 0.25) is 10.0 Å². The minimum atomic E-state index is -3.27. The molecule has 0 radical (unpaired) electrons. The molecule has 0 spiro atoms. The van der Waals surface area contributed by atoms with Crippen molar-refractivity contribution in [3.8, 4) is 0 Å². The molecule has 21 heavy (non-hydrogen) atoms. The fourth-order valence-electron chi connectivity index (χ4n) is 1.57. The van der Waals surface area contributed by atoms with E-state index in [0.29, 0.717) is 18.0 Å². The summed E-state index contributed by atoms with van der Waals surface area (Å²) in [4.78, 5) is 1.95. The van der Waals surface area contributed by atoms with Crippen LogP contribution in [0.4, 0.5) is 5.69 Å². The van der Waals surface area contributed by atoms with Gasteiger partial charge in [0.25, 0.3) is 0 Å². The summed E-state index contributed by atoms with van der Waals surface area (Å²) in [5.41, 5.74) is 6.37. The minimum Gasteiger partial charge on any atom is -0.399 e. The second kappa shape index (κ2) is 7.64. The number of nitrogens with one attached hydrogen (secondary N) is 1. The molecule has 0 aliphatic heterocycles. The summed E-state index contributed by atoms with van der Waals surface area (Å²) in [7, 11) is -3.27. The Morgan fingerprint density at radius 2 is 2.14 bits per heavy atom. The van der Waals surface area contributed by atoms with Gasteiger partial charge in [-0.25, -0.2) is 13.1 Å². The van der Waals surface area contributed by atoms with Gasteiger partial charge in [0.1, 0.15) is 0 Å². The van der Waals surface area contributed by atoms with Gasteiger partial charge in [0, 0.05) is 32.2 Å². The van der Waals surface area contributed by atoms with E-state index in [1.165, 1.54) is 23.1 Å². The van der Waals surface area contributed by atoms with Crippen LogP contribution in [0, 0.1) is 0 Å². The predicted octanol–water partition coefficient (Wildman–Crippen LogP) is 3.30. The Morgan fingerprint density at radius 1 is 1.33 bits per heavy atom. The molecule has 0 saturated heterocycles. The maximum atomic E-state index is 11.9. The summed E-state index contributed by atoms with van der Waals surface area (Å²) in [5, 5.41) is 1.92. The topological polar surface area (TPSA) is 72.2 Å². The molecule has 2 rings (SSSR count). The third-order valence-electron chi connectivity index (χ3n) is 2.62. The Hall–Kier alpha value is -0.540. The SMILES string of the molecule is Nc1cccc(SCCS(=O)(=O)NCc2sccc2Br)c1. The molecule has 0 aliphatic rings. The number of nitrogen functional groups attached to an aromatic ring is 1. The molecule has 0 atom stereocenters. The molecular weight excluding hydrogens is 392 g/mol. The lowest BCUT2D eigenvalue weighted by Crippen LogP contribution is -2.26. The average molecular weight is 407 g/mol. The van der Waals surface area contributed by atoms with Gasteiger partial charge in [0.05, 0.1) is 5.75 Å². The molecule has 1 aromatic carbocycles. The number of anilines is 1. The van der Waals surface area contributed by atoms with E-state index in [-0.39, 0.29) is 5.75 Å². The fraction of sp³-hybridized carbons (Fsp3) is 0.231. The molecule has 0 amide bonds. The first-order chi connectivity index (χ1) is 9.96. The van der Waals surface area contributed by atoms with Gasteiger partial charge in [-0.1, -0.05) is 6.07 Å². The van der Waals surface area contributed by atoms with Gasteiger partial charge in [0.15, 0.2) is 0 Å². The number of benzene rings is 1. The summed E-state index contributed by atoms with van der Waals surface area (Å²) in [6.45, 7) is 0.323. The molecule has 1 aromatic heterocycles. The van der Waals surface area contributed by atoms with Crippen LogP contribution in [0.1, 0.15) is 4.88 Å². The van der Waals surface area contributed by atoms with E-state index >= 15 is 0 Å². The van der Waals surface area contributed by atoms with Crippen LogP contribution in [0.25, 0.3) is 0 Å². The third-order valence-corrected chi connectivity index (χ3v) is 7.13. The molecule has 4 nitrogen and oxygen atoms in total. The van der Waals surface area contributed by atoms with E-state index in [9.17, 15) is 8.42 Å². The lowest BCUT2D eigenvalue weighted by atomic mass is 10.3. The second-order valence-electron chi connectivity index (χ2n) is 4.25. The summed E-state index contributed by atoms with van der Waals surface area (Å²) in [6.07, 6.45) is 0. The molecule has 114 valence electrons. The monoisotopic (exact) mass is 406 g/mol. The first-order valence-electron chi connectivity index (χ1n) is 6.14.